The van der Waals surface area contributed by atoms with E-state index in [1.807, 2.05) is 6.07 Å². The lowest BCUT2D eigenvalue weighted by atomic mass is 10.0. The molecule has 1 aliphatic rings. The molecule has 0 saturated carbocycles. The number of carboxylic acid groups (broad SMARTS) is 1. The predicted molar refractivity (Wildman–Crippen MR) is 54.8 cm³/mol. The number of aryl methyl sites for hydroxylation is 1. The molecule has 0 bridgehead atoms. The molecule has 2 rings (SSSR count). The second-order valence-corrected chi connectivity index (χ2v) is 4.06. The van der Waals surface area contributed by atoms with Gasteiger partial charge < -0.3 is 5.11 Å². The van der Waals surface area contributed by atoms with Crippen LogP contribution >= 0.6 is 11.6 Å². The third-order valence-electron chi connectivity index (χ3n) is 2.61. The molecular weight excluding hydrogens is 200 g/mol. The van der Waals surface area contributed by atoms with Gasteiger partial charge in [-0.3, -0.25) is 4.79 Å². The van der Waals surface area contributed by atoms with Crippen molar-refractivity contribution in [2.24, 2.45) is 0 Å². The fourth-order valence-corrected chi connectivity index (χ4v) is 2.34. The summed E-state index contributed by atoms with van der Waals surface area (Å²) in [5.41, 5.74) is 3.32. The highest BCUT2D eigenvalue weighted by molar-refractivity contribution is 6.30. The van der Waals surface area contributed by atoms with Crippen molar-refractivity contribution in [3.8, 4) is 0 Å². The first kappa shape index (κ1) is 9.53. The highest BCUT2D eigenvalue weighted by atomic mass is 35.5. The second kappa shape index (κ2) is 3.62. The van der Waals surface area contributed by atoms with E-state index in [2.05, 4.69) is 0 Å². The van der Waals surface area contributed by atoms with E-state index in [4.69, 9.17) is 16.7 Å². The minimum absolute atomic E-state index is 0.0862. The summed E-state index contributed by atoms with van der Waals surface area (Å²) in [6.45, 7) is 0. The molecule has 0 amide bonds. The van der Waals surface area contributed by atoms with E-state index in [9.17, 15) is 4.79 Å². The van der Waals surface area contributed by atoms with Gasteiger partial charge in [0.1, 0.15) is 0 Å². The molecule has 0 unspecified atom stereocenters. The summed E-state index contributed by atoms with van der Waals surface area (Å²) in [6.07, 6.45) is 3.23. The van der Waals surface area contributed by atoms with Crippen molar-refractivity contribution in [2.45, 2.75) is 25.7 Å². The molecule has 1 aliphatic carbocycles. The van der Waals surface area contributed by atoms with E-state index in [-0.39, 0.29) is 6.42 Å². The van der Waals surface area contributed by atoms with Gasteiger partial charge in [-0.1, -0.05) is 11.6 Å². The Morgan fingerprint density at radius 3 is 2.93 bits per heavy atom. The maximum Gasteiger partial charge on any atom is 0.307 e. The summed E-state index contributed by atoms with van der Waals surface area (Å²) < 4.78 is 0. The first-order valence-corrected chi connectivity index (χ1v) is 5.06. The van der Waals surface area contributed by atoms with Crippen molar-refractivity contribution < 1.29 is 9.90 Å². The third-order valence-corrected chi connectivity index (χ3v) is 2.83. The summed E-state index contributed by atoms with van der Waals surface area (Å²) in [4.78, 5) is 10.6. The number of aliphatic carboxylic acids is 1. The fraction of sp³-hybridized carbons (Fsp3) is 0.364. The van der Waals surface area contributed by atoms with Crippen molar-refractivity contribution in [1.29, 1.82) is 0 Å². The quantitative estimate of drug-likeness (QED) is 0.814. The molecule has 0 aliphatic heterocycles. The smallest absolute Gasteiger partial charge is 0.307 e. The average Bonchev–Trinajstić information content (AvgIpc) is 2.50. The first-order chi connectivity index (χ1) is 6.66. The molecule has 2 nitrogen and oxygen atoms in total. The van der Waals surface area contributed by atoms with Crippen LogP contribution in [0.4, 0.5) is 0 Å². The lowest BCUT2D eigenvalue weighted by Gasteiger charge is -2.06. The lowest BCUT2D eigenvalue weighted by Crippen LogP contribution is -2.03. The molecule has 0 saturated heterocycles. The van der Waals surface area contributed by atoms with Crippen LogP contribution in [-0.4, -0.2) is 11.1 Å². The van der Waals surface area contributed by atoms with Gasteiger partial charge in [-0.25, -0.2) is 0 Å². The Hall–Kier alpha value is -1.02. The van der Waals surface area contributed by atoms with Gasteiger partial charge in [0.25, 0.3) is 0 Å². The van der Waals surface area contributed by atoms with Crippen LogP contribution < -0.4 is 0 Å². The number of fused-ring (bicyclic) bond motifs is 1. The number of rotatable bonds is 2. The maximum atomic E-state index is 10.6. The van der Waals surface area contributed by atoms with E-state index in [1.165, 1.54) is 11.1 Å². The van der Waals surface area contributed by atoms with Gasteiger partial charge in [0, 0.05) is 5.02 Å². The number of carboxylic acids is 1. The minimum atomic E-state index is -0.790. The molecule has 74 valence electrons. The van der Waals surface area contributed by atoms with Gasteiger partial charge in [-0.05, 0) is 48.1 Å². The highest BCUT2D eigenvalue weighted by Crippen LogP contribution is 2.29. The van der Waals surface area contributed by atoms with Crippen LogP contribution in [0.1, 0.15) is 23.1 Å². The van der Waals surface area contributed by atoms with E-state index in [1.54, 1.807) is 6.07 Å². The average molecular weight is 211 g/mol. The molecule has 1 N–H and O–H groups in total. The third kappa shape index (κ3) is 1.75. The standard InChI is InChI=1S/C11H11ClO2/c12-9-4-7-2-1-3-10(7)8(5-9)6-11(13)14/h4-5H,1-3,6H2,(H,13,14). The molecule has 14 heavy (non-hydrogen) atoms. The largest absolute Gasteiger partial charge is 0.481 e. The van der Waals surface area contributed by atoms with Gasteiger partial charge in [0.15, 0.2) is 0 Å². The van der Waals surface area contributed by atoms with Crippen LogP contribution in [0, 0.1) is 0 Å². The Kier molecular flexibility index (Phi) is 2.46. The van der Waals surface area contributed by atoms with Crippen molar-refractivity contribution in [3.05, 3.63) is 33.8 Å². The van der Waals surface area contributed by atoms with Crippen molar-refractivity contribution in [1.82, 2.24) is 0 Å². The number of benzene rings is 1. The van der Waals surface area contributed by atoms with Gasteiger partial charge in [0.05, 0.1) is 6.42 Å². The minimum Gasteiger partial charge on any atom is -0.481 e. The number of carbonyl (C=O) groups is 1. The van der Waals surface area contributed by atoms with Crippen LogP contribution in [0.5, 0.6) is 0 Å². The number of hydrogen-bond donors (Lipinski definition) is 1. The zero-order valence-corrected chi connectivity index (χ0v) is 8.47. The van der Waals surface area contributed by atoms with Crippen LogP contribution in [0.2, 0.25) is 5.02 Å². The highest BCUT2D eigenvalue weighted by Gasteiger charge is 2.17. The Balaban J connectivity index is 2.43. The summed E-state index contributed by atoms with van der Waals surface area (Å²) in [6, 6.07) is 3.73. The molecule has 1 aromatic rings. The van der Waals surface area contributed by atoms with Crippen molar-refractivity contribution in [3.63, 3.8) is 0 Å². The Morgan fingerprint density at radius 1 is 1.43 bits per heavy atom. The topological polar surface area (TPSA) is 37.3 Å². The Morgan fingerprint density at radius 2 is 2.21 bits per heavy atom. The summed E-state index contributed by atoms with van der Waals surface area (Å²) >= 11 is 5.92. The number of hydrogen-bond acceptors (Lipinski definition) is 1. The SMILES string of the molecule is O=C(O)Cc1cc(Cl)cc2c1CCC2. The van der Waals surface area contributed by atoms with E-state index in [0.717, 1.165) is 24.8 Å². The van der Waals surface area contributed by atoms with Crippen LogP contribution in [0.3, 0.4) is 0 Å². The molecule has 1 aromatic carbocycles. The van der Waals surface area contributed by atoms with Gasteiger partial charge in [0.2, 0.25) is 0 Å². The molecule has 0 radical (unpaired) electrons. The van der Waals surface area contributed by atoms with Gasteiger partial charge >= 0.3 is 5.97 Å². The molecule has 0 heterocycles. The van der Waals surface area contributed by atoms with E-state index >= 15 is 0 Å². The van der Waals surface area contributed by atoms with Gasteiger partial charge in [-0.15, -0.1) is 0 Å². The first-order valence-electron chi connectivity index (χ1n) is 4.69. The van der Waals surface area contributed by atoms with Crippen LogP contribution in [-0.2, 0) is 24.1 Å². The van der Waals surface area contributed by atoms with E-state index < -0.39 is 5.97 Å². The summed E-state index contributed by atoms with van der Waals surface area (Å²) in [5.74, 6) is -0.790. The number of halogens is 1. The molecule has 0 aromatic heterocycles. The van der Waals surface area contributed by atoms with Crippen molar-refractivity contribution in [2.75, 3.05) is 0 Å². The molecule has 3 heteroatoms. The van der Waals surface area contributed by atoms with Crippen molar-refractivity contribution >= 4 is 17.6 Å². The Labute approximate surface area is 87.5 Å². The lowest BCUT2D eigenvalue weighted by molar-refractivity contribution is -0.136. The molecular formula is C11H11ClO2. The van der Waals surface area contributed by atoms with Gasteiger partial charge in [-0.2, -0.15) is 0 Å². The van der Waals surface area contributed by atoms with Crippen LogP contribution in [0.15, 0.2) is 12.1 Å². The normalized spacial score (nSPS) is 14.1. The summed E-state index contributed by atoms with van der Waals surface area (Å²) in [5, 5.41) is 9.40. The molecule has 0 spiro atoms. The molecule has 0 atom stereocenters. The Bertz CT molecular complexity index is 385. The molecule has 0 fully saturated rings. The predicted octanol–water partition coefficient (Wildman–Crippen LogP) is 2.46. The zero-order chi connectivity index (χ0) is 10.1. The van der Waals surface area contributed by atoms with E-state index in [0.29, 0.717) is 5.02 Å². The fourth-order valence-electron chi connectivity index (χ4n) is 2.08. The maximum absolute atomic E-state index is 10.6. The monoisotopic (exact) mass is 210 g/mol. The zero-order valence-electron chi connectivity index (χ0n) is 7.72. The summed E-state index contributed by atoms with van der Waals surface area (Å²) in [7, 11) is 0. The second-order valence-electron chi connectivity index (χ2n) is 3.63. The van der Waals surface area contributed by atoms with Crippen LogP contribution in [0.25, 0.3) is 0 Å².